The van der Waals surface area contributed by atoms with Gasteiger partial charge in [-0.05, 0) is 26.7 Å². The van der Waals surface area contributed by atoms with E-state index in [1.165, 1.54) is 7.11 Å². The molecular formula is C10H19NO4S. The fraction of sp³-hybridized carbons (Fsp3) is 0.900. The van der Waals surface area contributed by atoms with Gasteiger partial charge in [-0.1, -0.05) is 0 Å². The zero-order valence-corrected chi connectivity index (χ0v) is 10.8. The van der Waals surface area contributed by atoms with Crippen LogP contribution in [0.3, 0.4) is 0 Å². The molecule has 0 bridgehead atoms. The van der Waals surface area contributed by atoms with Crippen molar-refractivity contribution in [3.05, 3.63) is 0 Å². The summed E-state index contributed by atoms with van der Waals surface area (Å²) in [6, 6.07) is -0.159. The molecule has 0 amide bonds. The summed E-state index contributed by atoms with van der Waals surface area (Å²) in [6.45, 7) is 3.39. The van der Waals surface area contributed by atoms with Crippen molar-refractivity contribution in [1.82, 2.24) is 5.32 Å². The SMILES string of the molecule is COC(=O)C(C)(C)NC1CCCS(=O)(=O)C1. The van der Waals surface area contributed by atoms with Crippen LogP contribution < -0.4 is 5.32 Å². The summed E-state index contributed by atoms with van der Waals surface area (Å²) in [5.74, 6) is -0.0208. The molecule has 16 heavy (non-hydrogen) atoms. The molecule has 1 aliphatic rings. The average molecular weight is 249 g/mol. The monoisotopic (exact) mass is 249 g/mol. The van der Waals surface area contributed by atoms with Crippen molar-refractivity contribution in [3.8, 4) is 0 Å². The van der Waals surface area contributed by atoms with Gasteiger partial charge in [0.15, 0.2) is 9.84 Å². The van der Waals surface area contributed by atoms with Crippen LogP contribution in [0.25, 0.3) is 0 Å². The largest absolute Gasteiger partial charge is 0.468 e. The molecule has 1 heterocycles. The third kappa shape index (κ3) is 3.45. The zero-order valence-electron chi connectivity index (χ0n) is 9.95. The molecule has 1 saturated heterocycles. The molecular weight excluding hydrogens is 230 g/mol. The number of sulfone groups is 1. The van der Waals surface area contributed by atoms with Crippen molar-refractivity contribution in [2.75, 3.05) is 18.6 Å². The molecule has 1 rings (SSSR count). The normalized spacial score (nSPS) is 25.1. The van der Waals surface area contributed by atoms with E-state index in [1.807, 2.05) is 0 Å². The molecule has 0 radical (unpaired) electrons. The van der Waals surface area contributed by atoms with Gasteiger partial charge >= 0.3 is 5.97 Å². The fourth-order valence-corrected chi connectivity index (χ4v) is 3.60. The van der Waals surface area contributed by atoms with Gasteiger partial charge in [0, 0.05) is 6.04 Å². The Labute approximate surface area is 96.5 Å². The number of hydrogen-bond acceptors (Lipinski definition) is 5. The van der Waals surface area contributed by atoms with Gasteiger partial charge in [0.05, 0.1) is 18.6 Å². The van der Waals surface area contributed by atoms with Gasteiger partial charge in [-0.2, -0.15) is 0 Å². The Morgan fingerprint density at radius 3 is 2.56 bits per heavy atom. The van der Waals surface area contributed by atoms with E-state index in [1.54, 1.807) is 13.8 Å². The lowest BCUT2D eigenvalue weighted by atomic mass is 10.0. The third-order valence-electron chi connectivity index (χ3n) is 2.72. The van der Waals surface area contributed by atoms with E-state index in [-0.39, 0.29) is 23.5 Å². The van der Waals surface area contributed by atoms with Gasteiger partial charge < -0.3 is 4.74 Å². The minimum Gasteiger partial charge on any atom is -0.468 e. The number of rotatable bonds is 3. The predicted molar refractivity (Wildman–Crippen MR) is 60.9 cm³/mol. The van der Waals surface area contributed by atoms with E-state index in [0.717, 1.165) is 6.42 Å². The summed E-state index contributed by atoms with van der Waals surface area (Å²) in [7, 11) is -1.63. The van der Waals surface area contributed by atoms with Crippen LogP contribution in [0.2, 0.25) is 0 Å². The maximum atomic E-state index is 11.4. The van der Waals surface area contributed by atoms with Crippen LogP contribution in [-0.4, -0.2) is 44.6 Å². The Hall–Kier alpha value is -0.620. The molecule has 94 valence electrons. The van der Waals surface area contributed by atoms with Gasteiger partial charge in [0.1, 0.15) is 5.54 Å². The highest BCUT2D eigenvalue weighted by atomic mass is 32.2. The smallest absolute Gasteiger partial charge is 0.325 e. The lowest BCUT2D eigenvalue weighted by molar-refractivity contribution is -0.147. The summed E-state index contributed by atoms with van der Waals surface area (Å²) in [5.41, 5.74) is -0.841. The van der Waals surface area contributed by atoms with Crippen molar-refractivity contribution in [2.24, 2.45) is 0 Å². The minimum absolute atomic E-state index is 0.105. The van der Waals surface area contributed by atoms with E-state index in [0.29, 0.717) is 6.42 Å². The third-order valence-corrected chi connectivity index (χ3v) is 4.54. The van der Waals surface area contributed by atoms with E-state index in [9.17, 15) is 13.2 Å². The first kappa shape index (κ1) is 13.4. The van der Waals surface area contributed by atoms with Crippen LogP contribution in [-0.2, 0) is 19.4 Å². The zero-order chi connectivity index (χ0) is 12.4. The topological polar surface area (TPSA) is 72.5 Å². The summed E-state index contributed by atoms with van der Waals surface area (Å²) >= 11 is 0. The molecule has 1 unspecified atom stereocenters. The number of nitrogens with one attached hydrogen (secondary N) is 1. The molecule has 1 atom stereocenters. The Morgan fingerprint density at radius 2 is 2.06 bits per heavy atom. The van der Waals surface area contributed by atoms with Gasteiger partial charge in [-0.3, -0.25) is 10.1 Å². The van der Waals surface area contributed by atoms with Crippen molar-refractivity contribution in [1.29, 1.82) is 0 Å². The predicted octanol–water partition coefficient (Wildman–Crippen LogP) is 0.105. The summed E-state index contributed by atoms with van der Waals surface area (Å²) in [5, 5.41) is 3.05. The molecule has 1 fully saturated rings. The van der Waals surface area contributed by atoms with Crippen LogP contribution in [0.5, 0.6) is 0 Å². The number of carbonyl (C=O) groups excluding carboxylic acids is 1. The Kier molecular flexibility index (Phi) is 3.96. The molecule has 0 aromatic rings. The van der Waals surface area contributed by atoms with Crippen LogP contribution in [0.4, 0.5) is 0 Å². The number of methoxy groups -OCH3 is 1. The standard InChI is InChI=1S/C10H19NO4S/c1-10(2,9(12)15-3)11-8-5-4-6-16(13,14)7-8/h8,11H,4-7H2,1-3H3. The number of ether oxygens (including phenoxy) is 1. The first-order valence-electron chi connectivity index (χ1n) is 5.33. The second-order valence-electron chi connectivity index (χ2n) is 4.71. The molecule has 0 aliphatic carbocycles. The average Bonchev–Trinajstić information content (AvgIpc) is 2.14. The molecule has 1 aliphatic heterocycles. The highest BCUT2D eigenvalue weighted by molar-refractivity contribution is 7.91. The van der Waals surface area contributed by atoms with Crippen molar-refractivity contribution in [2.45, 2.75) is 38.3 Å². The van der Waals surface area contributed by atoms with Crippen LogP contribution >= 0.6 is 0 Å². The Bertz CT molecular complexity index is 361. The highest BCUT2D eigenvalue weighted by Gasteiger charge is 2.34. The minimum atomic E-state index is -2.95. The number of esters is 1. The molecule has 0 spiro atoms. The second kappa shape index (κ2) is 4.71. The van der Waals surface area contributed by atoms with Gasteiger partial charge in [0.2, 0.25) is 0 Å². The van der Waals surface area contributed by atoms with Crippen LogP contribution in [0, 0.1) is 0 Å². The lowest BCUT2D eigenvalue weighted by Crippen LogP contribution is -2.55. The first-order chi connectivity index (χ1) is 7.27. The van der Waals surface area contributed by atoms with Crippen LogP contribution in [0.15, 0.2) is 0 Å². The van der Waals surface area contributed by atoms with Gasteiger partial charge in [-0.25, -0.2) is 8.42 Å². The Balaban J connectivity index is 2.64. The van der Waals surface area contributed by atoms with Crippen molar-refractivity contribution < 1.29 is 17.9 Å². The van der Waals surface area contributed by atoms with Crippen molar-refractivity contribution in [3.63, 3.8) is 0 Å². The summed E-state index contributed by atoms with van der Waals surface area (Å²) < 4.78 is 27.5. The van der Waals surface area contributed by atoms with E-state index < -0.39 is 15.4 Å². The lowest BCUT2D eigenvalue weighted by Gasteiger charge is -2.31. The summed E-state index contributed by atoms with van der Waals surface area (Å²) in [4.78, 5) is 11.4. The van der Waals surface area contributed by atoms with Gasteiger partial charge in [0.25, 0.3) is 0 Å². The molecule has 0 saturated carbocycles. The fourth-order valence-electron chi connectivity index (χ4n) is 1.96. The molecule has 0 aromatic carbocycles. The molecule has 1 N–H and O–H groups in total. The Morgan fingerprint density at radius 1 is 1.44 bits per heavy atom. The number of hydrogen-bond donors (Lipinski definition) is 1. The van der Waals surface area contributed by atoms with E-state index in [4.69, 9.17) is 0 Å². The highest BCUT2D eigenvalue weighted by Crippen LogP contribution is 2.16. The van der Waals surface area contributed by atoms with Crippen molar-refractivity contribution >= 4 is 15.8 Å². The molecule has 6 heteroatoms. The molecule has 0 aromatic heterocycles. The van der Waals surface area contributed by atoms with E-state index >= 15 is 0 Å². The van der Waals surface area contributed by atoms with E-state index in [2.05, 4.69) is 10.1 Å². The second-order valence-corrected chi connectivity index (χ2v) is 6.94. The molecule has 5 nitrogen and oxygen atoms in total. The van der Waals surface area contributed by atoms with Crippen LogP contribution in [0.1, 0.15) is 26.7 Å². The maximum Gasteiger partial charge on any atom is 0.325 e. The first-order valence-corrected chi connectivity index (χ1v) is 7.15. The van der Waals surface area contributed by atoms with Gasteiger partial charge in [-0.15, -0.1) is 0 Å². The quantitative estimate of drug-likeness (QED) is 0.718. The number of carbonyl (C=O) groups is 1. The summed E-state index contributed by atoms with van der Waals surface area (Å²) in [6.07, 6.45) is 1.43. The maximum absolute atomic E-state index is 11.4.